The molecular formula is C20H28N4O3. The number of benzene rings is 1. The third kappa shape index (κ3) is 3.98. The molecule has 2 aliphatic rings. The van der Waals surface area contributed by atoms with E-state index in [1.54, 1.807) is 11.0 Å². The van der Waals surface area contributed by atoms with Gasteiger partial charge in [-0.15, -0.1) is 0 Å². The molecule has 0 bridgehead atoms. The Labute approximate surface area is 159 Å². The minimum Gasteiger partial charge on any atom is -0.347 e. The topological polar surface area (TPSA) is 95.7 Å². The number of hydrogen-bond acceptors (Lipinski definition) is 4. The van der Waals surface area contributed by atoms with Crippen LogP contribution in [0.25, 0.3) is 0 Å². The summed E-state index contributed by atoms with van der Waals surface area (Å²) in [4.78, 5) is 39.8. The number of likely N-dealkylation sites (tertiary alicyclic amines) is 1. The van der Waals surface area contributed by atoms with Gasteiger partial charge in [0.2, 0.25) is 11.8 Å². The Kier molecular flexibility index (Phi) is 5.24. The van der Waals surface area contributed by atoms with Crippen LogP contribution >= 0.6 is 0 Å². The molecule has 3 amide bonds. The van der Waals surface area contributed by atoms with E-state index in [1.165, 1.54) is 6.92 Å². The van der Waals surface area contributed by atoms with Gasteiger partial charge < -0.3 is 20.9 Å². The SMILES string of the molecule is CC(=O)NCC(=O)N1CCc2cc(C(=O)N3CCC(N)C(C)(C)C3)ccc21. The molecular weight excluding hydrogens is 344 g/mol. The lowest BCUT2D eigenvalue weighted by atomic mass is 9.79. The van der Waals surface area contributed by atoms with Gasteiger partial charge in [-0.1, -0.05) is 13.8 Å². The summed E-state index contributed by atoms with van der Waals surface area (Å²) in [6.07, 6.45) is 1.51. The van der Waals surface area contributed by atoms with Gasteiger partial charge in [0.05, 0.1) is 6.54 Å². The number of carbonyl (C=O) groups excluding carboxylic acids is 3. The van der Waals surface area contributed by atoms with E-state index in [0.29, 0.717) is 31.6 Å². The van der Waals surface area contributed by atoms with Crippen LogP contribution in [0.4, 0.5) is 5.69 Å². The average Bonchev–Trinajstić information content (AvgIpc) is 3.04. The zero-order valence-electron chi connectivity index (χ0n) is 16.2. The van der Waals surface area contributed by atoms with Crippen molar-refractivity contribution in [3.8, 4) is 0 Å². The van der Waals surface area contributed by atoms with E-state index in [0.717, 1.165) is 17.7 Å². The van der Waals surface area contributed by atoms with Gasteiger partial charge in [-0.2, -0.15) is 0 Å². The van der Waals surface area contributed by atoms with Crippen LogP contribution in [0.1, 0.15) is 43.1 Å². The predicted octanol–water partition coefficient (Wildman–Crippen LogP) is 0.911. The Morgan fingerprint density at radius 3 is 2.67 bits per heavy atom. The monoisotopic (exact) mass is 372 g/mol. The Morgan fingerprint density at radius 1 is 1.26 bits per heavy atom. The summed E-state index contributed by atoms with van der Waals surface area (Å²) in [6.45, 7) is 7.44. The number of fused-ring (bicyclic) bond motifs is 1. The van der Waals surface area contributed by atoms with Crippen LogP contribution in [-0.2, 0) is 16.0 Å². The molecule has 0 aliphatic carbocycles. The van der Waals surface area contributed by atoms with Crippen molar-refractivity contribution in [2.75, 3.05) is 31.1 Å². The molecule has 1 atom stereocenters. The predicted molar refractivity (Wildman–Crippen MR) is 103 cm³/mol. The summed E-state index contributed by atoms with van der Waals surface area (Å²) in [7, 11) is 0. The first kappa shape index (κ1) is 19.4. The third-order valence-corrected chi connectivity index (χ3v) is 5.61. The highest BCUT2D eigenvalue weighted by Gasteiger charge is 2.36. The Morgan fingerprint density at radius 2 is 2.00 bits per heavy atom. The van der Waals surface area contributed by atoms with Crippen LogP contribution in [-0.4, -0.2) is 54.8 Å². The minimum absolute atomic E-state index is 0.0146. The molecule has 1 aromatic carbocycles. The van der Waals surface area contributed by atoms with Crippen molar-refractivity contribution in [3.05, 3.63) is 29.3 Å². The Bertz CT molecular complexity index is 774. The smallest absolute Gasteiger partial charge is 0.253 e. The number of nitrogens with two attached hydrogens (primary N) is 1. The number of piperidine rings is 1. The molecule has 0 saturated carbocycles. The maximum Gasteiger partial charge on any atom is 0.253 e. The highest BCUT2D eigenvalue weighted by atomic mass is 16.2. The van der Waals surface area contributed by atoms with Crippen molar-refractivity contribution in [3.63, 3.8) is 0 Å². The van der Waals surface area contributed by atoms with Gasteiger partial charge in [0.25, 0.3) is 5.91 Å². The van der Waals surface area contributed by atoms with Crippen molar-refractivity contribution in [1.82, 2.24) is 10.2 Å². The number of nitrogens with zero attached hydrogens (tertiary/aromatic N) is 2. The minimum atomic E-state index is -0.229. The van der Waals surface area contributed by atoms with Gasteiger partial charge in [0.1, 0.15) is 0 Å². The number of rotatable bonds is 3. The lowest BCUT2D eigenvalue weighted by Crippen LogP contribution is -2.54. The second-order valence-corrected chi connectivity index (χ2v) is 8.16. The maximum atomic E-state index is 12.9. The molecule has 0 radical (unpaired) electrons. The Balaban J connectivity index is 1.72. The van der Waals surface area contributed by atoms with E-state index in [4.69, 9.17) is 5.73 Å². The molecule has 1 saturated heterocycles. The summed E-state index contributed by atoms with van der Waals surface area (Å²) in [5, 5.41) is 2.54. The summed E-state index contributed by atoms with van der Waals surface area (Å²) in [6, 6.07) is 5.62. The molecule has 2 aliphatic heterocycles. The molecule has 146 valence electrons. The Hall–Kier alpha value is -2.41. The van der Waals surface area contributed by atoms with Crippen molar-refractivity contribution >= 4 is 23.4 Å². The van der Waals surface area contributed by atoms with Crippen LogP contribution in [0.5, 0.6) is 0 Å². The van der Waals surface area contributed by atoms with Gasteiger partial charge in [0, 0.05) is 43.9 Å². The van der Waals surface area contributed by atoms with Crippen molar-refractivity contribution in [1.29, 1.82) is 0 Å². The highest BCUT2D eigenvalue weighted by molar-refractivity contribution is 6.00. The number of amides is 3. The normalized spacial score (nSPS) is 21.0. The van der Waals surface area contributed by atoms with E-state index in [9.17, 15) is 14.4 Å². The number of nitrogens with one attached hydrogen (secondary N) is 1. The largest absolute Gasteiger partial charge is 0.347 e. The van der Waals surface area contributed by atoms with Gasteiger partial charge in [0.15, 0.2) is 0 Å². The van der Waals surface area contributed by atoms with E-state index >= 15 is 0 Å². The van der Waals surface area contributed by atoms with Crippen LogP contribution in [0.15, 0.2) is 18.2 Å². The van der Waals surface area contributed by atoms with Gasteiger partial charge in [-0.05, 0) is 42.0 Å². The maximum absolute atomic E-state index is 12.9. The molecule has 7 nitrogen and oxygen atoms in total. The molecule has 2 heterocycles. The standard InChI is InChI=1S/C20H28N4O3/c1-13(25)22-11-18(26)24-9-6-14-10-15(4-5-16(14)24)19(27)23-8-7-17(21)20(2,3)12-23/h4-5,10,17H,6-9,11-12,21H2,1-3H3,(H,22,25). The second kappa shape index (κ2) is 7.31. The van der Waals surface area contributed by atoms with Gasteiger partial charge >= 0.3 is 0 Å². The zero-order valence-corrected chi connectivity index (χ0v) is 16.2. The second-order valence-electron chi connectivity index (χ2n) is 8.16. The molecule has 0 spiro atoms. The molecule has 1 aromatic rings. The number of hydrogen-bond donors (Lipinski definition) is 2. The van der Waals surface area contributed by atoms with Crippen LogP contribution in [0.2, 0.25) is 0 Å². The quantitative estimate of drug-likeness (QED) is 0.824. The van der Waals surface area contributed by atoms with E-state index < -0.39 is 0 Å². The molecule has 7 heteroatoms. The molecule has 1 unspecified atom stereocenters. The van der Waals surface area contributed by atoms with Crippen molar-refractivity contribution in [2.45, 2.75) is 39.7 Å². The van der Waals surface area contributed by atoms with E-state index in [2.05, 4.69) is 19.2 Å². The molecule has 3 N–H and O–H groups in total. The summed E-state index contributed by atoms with van der Waals surface area (Å²) in [5.74, 6) is -0.358. The first-order valence-electron chi connectivity index (χ1n) is 9.41. The van der Waals surface area contributed by atoms with E-state index in [1.807, 2.05) is 17.0 Å². The van der Waals surface area contributed by atoms with Crippen molar-refractivity contribution < 1.29 is 14.4 Å². The molecule has 1 fully saturated rings. The molecule has 0 aromatic heterocycles. The van der Waals surface area contributed by atoms with Gasteiger partial charge in [-0.3, -0.25) is 14.4 Å². The van der Waals surface area contributed by atoms with Crippen LogP contribution in [0, 0.1) is 5.41 Å². The third-order valence-electron chi connectivity index (χ3n) is 5.61. The van der Waals surface area contributed by atoms with E-state index in [-0.39, 0.29) is 35.7 Å². The fourth-order valence-electron chi connectivity index (χ4n) is 3.82. The molecule has 27 heavy (non-hydrogen) atoms. The van der Waals surface area contributed by atoms with Gasteiger partial charge in [-0.25, -0.2) is 0 Å². The molecule has 3 rings (SSSR count). The fraction of sp³-hybridized carbons (Fsp3) is 0.550. The lowest BCUT2D eigenvalue weighted by molar-refractivity contribution is -0.123. The fourth-order valence-corrected chi connectivity index (χ4v) is 3.82. The summed E-state index contributed by atoms with van der Waals surface area (Å²) >= 11 is 0. The summed E-state index contributed by atoms with van der Waals surface area (Å²) < 4.78 is 0. The highest BCUT2D eigenvalue weighted by Crippen LogP contribution is 2.31. The zero-order chi connectivity index (χ0) is 19.8. The summed E-state index contributed by atoms with van der Waals surface area (Å²) in [5.41, 5.74) is 8.54. The number of anilines is 1. The van der Waals surface area contributed by atoms with Crippen LogP contribution in [0.3, 0.4) is 0 Å². The van der Waals surface area contributed by atoms with Crippen LogP contribution < -0.4 is 16.0 Å². The number of carbonyl (C=O) groups is 3. The average molecular weight is 372 g/mol. The first-order valence-corrected chi connectivity index (χ1v) is 9.41. The first-order chi connectivity index (χ1) is 12.7. The lowest BCUT2D eigenvalue weighted by Gasteiger charge is -2.42. The van der Waals surface area contributed by atoms with Crippen molar-refractivity contribution in [2.24, 2.45) is 11.1 Å².